The molecule has 6 nitrogen and oxygen atoms in total. The molecule has 1 atom stereocenters. The van der Waals surface area contributed by atoms with Gasteiger partial charge >= 0.3 is 5.97 Å². The van der Waals surface area contributed by atoms with E-state index in [-0.39, 0.29) is 17.4 Å². The zero-order chi connectivity index (χ0) is 18.3. The number of carbonyl (C=O) groups excluding carboxylic acids is 2. The summed E-state index contributed by atoms with van der Waals surface area (Å²) in [4.78, 5) is 23.6. The number of rotatable bonds is 7. The number of phenols is 1. The predicted molar refractivity (Wildman–Crippen MR) is 94.8 cm³/mol. The SMILES string of the molecule is COc1cc(/C=C/C(=O)O[C@@H](C)C(=O)NCC(C)C)cc(Br)c1O. The Hall–Kier alpha value is -2.02. The number of hydrogen-bond donors (Lipinski definition) is 2. The van der Waals surface area contributed by atoms with Gasteiger partial charge in [-0.25, -0.2) is 4.79 Å². The van der Waals surface area contributed by atoms with Gasteiger partial charge in [0, 0.05) is 12.6 Å². The van der Waals surface area contributed by atoms with Crippen molar-refractivity contribution in [3.8, 4) is 11.5 Å². The average molecular weight is 400 g/mol. The van der Waals surface area contributed by atoms with Gasteiger partial charge in [0.2, 0.25) is 0 Å². The van der Waals surface area contributed by atoms with Crippen LogP contribution in [0.1, 0.15) is 26.3 Å². The number of benzene rings is 1. The topological polar surface area (TPSA) is 84.9 Å². The number of nitrogens with one attached hydrogen (secondary N) is 1. The second-order valence-electron chi connectivity index (χ2n) is 5.61. The van der Waals surface area contributed by atoms with E-state index < -0.39 is 12.1 Å². The first-order valence-electron chi connectivity index (χ1n) is 7.47. The molecule has 0 saturated carbocycles. The van der Waals surface area contributed by atoms with E-state index >= 15 is 0 Å². The van der Waals surface area contributed by atoms with Crippen molar-refractivity contribution in [3.63, 3.8) is 0 Å². The summed E-state index contributed by atoms with van der Waals surface area (Å²) in [6, 6.07) is 3.20. The molecule has 1 aromatic rings. The molecule has 0 radical (unpaired) electrons. The second-order valence-corrected chi connectivity index (χ2v) is 6.46. The summed E-state index contributed by atoms with van der Waals surface area (Å²) in [6.45, 7) is 5.99. The zero-order valence-corrected chi connectivity index (χ0v) is 15.7. The van der Waals surface area contributed by atoms with Gasteiger partial charge in [-0.05, 0) is 52.5 Å². The molecule has 1 aromatic carbocycles. The molecule has 0 saturated heterocycles. The van der Waals surface area contributed by atoms with E-state index in [1.165, 1.54) is 26.2 Å². The number of ether oxygens (including phenoxy) is 2. The maximum atomic E-state index is 11.8. The largest absolute Gasteiger partial charge is 0.503 e. The Balaban J connectivity index is 2.66. The average Bonchev–Trinajstić information content (AvgIpc) is 2.53. The fraction of sp³-hybridized carbons (Fsp3) is 0.412. The Morgan fingerprint density at radius 2 is 2.00 bits per heavy atom. The maximum Gasteiger partial charge on any atom is 0.331 e. The monoisotopic (exact) mass is 399 g/mol. The molecule has 7 heteroatoms. The van der Waals surface area contributed by atoms with Gasteiger partial charge in [-0.1, -0.05) is 13.8 Å². The van der Waals surface area contributed by atoms with Crippen molar-refractivity contribution in [1.29, 1.82) is 0 Å². The summed E-state index contributed by atoms with van der Waals surface area (Å²) in [7, 11) is 1.43. The Kier molecular flexibility index (Phi) is 7.78. The fourth-order valence-corrected chi connectivity index (χ4v) is 2.19. The number of amides is 1. The van der Waals surface area contributed by atoms with E-state index in [1.807, 2.05) is 13.8 Å². The van der Waals surface area contributed by atoms with Crippen LogP contribution in [0.15, 0.2) is 22.7 Å². The highest BCUT2D eigenvalue weighted by molar-refractivity contribution is 9.10. The van der Waals surface area contributed by atoms with Gasteiger partial charge in [-0.2, -0.15) is 0 Å². The van der Waals surface area contributed by atoms with Gasteiger partial charge in [-0.3, -0.25) is 4.79 Å². The van der Waals surface area contributed by atoms with Crippen LogP contribution in [0.25, 0.3) is 6.08 Å². The van der Waals surface area contributed by atoms with Crippen LogP contribution in [-0.2, 0) is 14.3 Å². The van der Waals surface area contributed by atoms with Crippen LogP contribution in [0.2, 0.25) is 0 Å². The standard InChI is InChI=1S/C17H22BrNO5/c1-10(2)9-19-17(22)11(3)24-15(20)6-5-12-7-13(18)16(21)14(8-12)23-4/h5-8,10-11,21H,9H2,1-4H3,(H,19,22)/b6-5+/t11-/m0/s1. The number of phenolic OH excluding ortho intramolecular Hbond substituents is 1. The summed E-state index contributed by atoms with van der Waals surface area (Å²) in [5, 5.41) is 12.4. The third-order valence-corrected chi connectivity index (χ3v) is 3.63. The fourth-order valence-electron chi connectivity index (χ4n) is 1.73. The molecule has 0 heterocycles. The quantitative estimate of drug-likeness (QED) is 0.543. The lowest BCUT2D eigenvalue weighted by Gasteiger charge is -2.13. The van der Waals surface area contributed by atoms with Crippen molar-refractivity contribution in [2.75, 3.05) is 13.7 Å². The molecule has 132 valence electrons. The maximum absolute atomic E-state index is 11.8. The van der Waals surface area contributed by atoms with E-state index in [0.717, 1.165) is 0 Å². The summed E-state index contributed by atoms with van der Waals surface area (Å²) in [5.74, 6) is -0.393. The van der Waals surface area contributed by atoms with E-state index in [9.17, 15) is 14.7 Å². The lowest BCUT2D eigenvalue weighted by atomic mass is 10.2. The van der Waals surface area contributed by atoms with Gasteiger partial charge in [0.25, 0.3) is 5.91 Å². The number of halogens is 1. The molecule has 1 rings (SSSR count). The van der Waals surface area contributed by atoms with Crippen molar-refractivity contribution in [3.05, 3.63) is 28.2 Å². The Morgan fingerprint density at radius 1 is 1.33 bits per heavy atom. The highest BCUT2D eigenvalue weighted by Crippen LogP contribution is 2.35. The molecule has 0 aliphatic heterocycles. The van der Waals surface area contributed by atoms with Gasteiger partial charge < -0.3 is 19.9 Å². The first-order valence-corrected chi connectivity index (χ1v) is 8.26. The van der Waals surface area contributed by atoms with Crippen molar-refractivity contribution >= 4 is 33.9 Å². The summed E-state index contributed by atoms with van der Waals surface area (Å²) in [5.41, 5.74) is 0.630. The van der Waals surface area contributed by atoms with E-state index in [1.54, 1.807) is 12.1 Å². The second kappa shape index (κ2) is 9.32. The lowest BCUT2D eigenvalue weighted by molar-refractivity contribution is -0.150. The molecule has 0 aliphatic rings. The Bertz CT molecular complexity index is 628. The van der Waals surface area contributed by atoms with E-state index in [2.05, 4.69) is 21.2 Å². The van der Waals surface area contributed by atoms with Crippen molar-refractivity contribution in [2.24, 2.45) is 5.92 Å². The van der Waals surface area contributed by atoms with Crippen LogP contribution in [0.5, 0.6) is 11.5 Å². The molecule has 0 fully saturated rings. The third-order valence-electron chi connectivity index (χ3n) is 3.03. The predicted octanol–water partition coefficient (Wildman–Crippen LogP) is 2.88. The molecule has 0 spiro atoms. The first-order chi connectivity index (χ1) is 11.2. The smallest absolute Gasteiger partial charge is 0.331 e. The molecule has 0 aromatic heterocycles. The summed E-state index contributed by atoms with van der Waals surface area (Å²) < 4.78 is 10.5. The first kappa shape index (κ1) is 20.0. The Morgan fingerprint density at radius 3 is 2.58 bits per heavy atom. The summed E-state index contributed by atoms with van der Waals surface area (Å²) in [6.07, 6.45) is 1.85. The molecule has 0 aliphatic carbocycles. The third kappa shape index (κ3) is 6.23. The van der Waals surface area contributed by atoms with Crippen LogP contribution >= 0.6 is 15.9 Å². The van der Waals surface area contributed by atoms with Crippen LogP contribution in [0, 0.1) is 5.92 Å². The lowest BCUT2D eigenvalue weighted by Crippen LogP contribution is -2.37. The Labute approximate surface area is 150 Å². The van der Waals surface area contributed by atoms with Crippen molar-refractivity contribution in [2.45, 2.75) is 26.9 Å². The molecule has 0 bridgehead atoms. The van der Waals surface area contributed by atoms with Crippen LogP contribution in [0.4, 0.5) is 0 Å². The number of carbonyl (C=O) groups is 2. The van der Waals surface area contributed by atoms with Crippen molar-refractivity contribution < 1.29 is 24.2 Å². The number of methoxy groups -OCH3 is 1. The van der Waals surface area contributed by atoms with Gasteiger partial charge in [0.15, 0.2) is 17.6 Å². The molecule has 24 heavy (non-hydrogen) atoms. The highest BCUT2D eigenvalue weighted by Gasteiger charge is 2.16. The highest BCUT2D eigenvalue weighted by atomic mass is 79.9. The number of aromatic hydroxyl groups is 1. The molecular formula is C17H22BrNO5. The zero-order valence-electron chi connectivity index (χ0n) is 14.1. The minimum Gasteiger partial charge on any atom is -0.503 e. The van der Waals surface area contributed by atoms with Crippen molar-refractivity contribution in [1.82, 2.24) is 5.32 Å². The minimum absolute atomic E-state index is 0.0207. The van der Waals surface area contributed by atoms with Gasteiger partial charge in [0.1, 0.15) is 0 Å². The normalized spacial score (nSPS) is 12.2. The van der Waals surface area contributed by atoms with Crippen LogP contribution in [0.3, 0.4) is 0 Å². The van der Waals surface area contributed by atoms with E-state index in [4.69, 9.17) is 9.47 Å². The van der Waals surface area contributed by atoms with Gasteiger partial charge in [-0.15, -0.1) is 0 Å². The number of esters is 1. The van der Waals surface area contributed by atoms with E-state index in [0.29, 0.717) is 22.5 Å². The molecule has 1 amide bonds. The van der Waals surface area contributed by atoms with Crippen LogP contribution in [-0.4, -0.2) is 36.7 Å². The van der Waals surface area contributed by atoms with Gasteiger partial charge in [0.05, 0.1) is 11.6 Å². The van der Waals surface area contributed by atoms with Crippen LogP contribution < -0.4 is 10.1 Å². The molecule has 2 N–H and O–H groups in total. The number of hydrogen-bond acceptors (Lipinski definition) is 5. The summed E-state index contributed by atoms with van der Waals surface area (Å²) >= 11 is 3.20. The molecular weight excluding hydrogens is 378 g/mol. The minimum atomic E-state index is -0.873. The molecule has 0 unspecified atom stereocenters.